The van der Waals surface area contributed by atoms with Gasteiger partial charge in [0.15, 0.2) is 0 Å². The van der Waals surface area contributed by atoms with Crippen LogP contribution in [0.5, 0.6) is 5.75 Å². The highest BCUT2D eigenvalue weighted by Gasteiger charge is 2.19. The molecule has 11 nitrogen and oxygen atoms in total. The molecule has 182 valence electrons. The van der Waals surface area contributed by atoms with Gasteiger partial charge < -0.3 is 35.6 Å². The minimum Gasteiger partial charge on any atom is -0.382 e. The molecule has 1 aliphatic rings. The van der Waals surface area contributed by atoms with Crippen molar-refractivity contribution in [2.75, 3.05) is 24.4 Å². The van der Waals surface area contributed by atoms with Crippen molar-refractivity contribution in [3.8, 4) is 5.75 Å². The maximum Gasteiger partial charge on any atom is 0.339 e. The zero-order valence-electron chi connectivity index (χ0n) is 18.7. The fourth-order valence-electron chi connectivity index (χ4n) is 3.93. The van der Waals surface area contributed by atoms with E-state index in [1.807, 2.05) is 0 Å². The van der Waals surface area contributed by atoms with Gasteiger partial charge in [-0.1, -0.05) is 12.8 Å². The van der Waals surface area contributed by atoms with Gasteiger partial charge in [-0.3, -0.25) is 0 Å². The van der Waals surface area contributed by atoms with Gasteiger partial charge in [0.2, 0.25) is 5.95 Å². The van der Waals surface area contributed by atoms with Gasteiger partial charge in [0, 0.05) is 24.9 Å². The summed E-state index contributed by atoms with van der Waals surface area (Å²) in [7, 11) is -2.53. The topological polar surface area (TPSA) is 160 Å². The number of nitrogens with two attached hydrogens (primary N) is 1. The number of urea groups is 1. The van der Waals surface area contributed by atoms with E-state index < -0.39 is 22.3 Å². The average molecular weight is 489 g/mol. The molecule has 0 spiro atoms. The van der Waals surface area contributed by atoms with Crippen LogP contribution >= 0.6 is 0 Å². The van der Waals surface area contributed by atoms with Gasteiger partial charge in [0.25, 0.3) is 0 Å². The quantitative estimate of drug-likeness (QED) is 0.215. The Morgan fingerprint density at radius 2 is 1.94 bits per heavy atom. The summed E-state index contributed by atoms with van der Waals surface area (Å²) < 4.78 is 35.9. The van der Waals surface area contributed by atoms with Gasteiger partial charge in [-0.2, -0.15) is 8.42 Å². The molecule has 1 heterocycles. The van der Waals surface area contributed by atoms with E-state index in [0.717, 1.165) is 18.5 Å². The Labute approximate surface area is 197 Å². The van der Waals surface area contributed by atoms with E-state index in [-0.39, 0.29) is 17.3 Å². The normalized spacial score (nSPS) is 15.2. The molecule has 6 N–H and O–H groups in total. The Hall–Kier alpha value is -3.51. The molecule has 1 aromatic heterocycles. The Morgan fingerprint density at radius 1 is 1.21 bits per heavy atom. The van der Waals surface area contributed by atoms with E-state index in [9.17, 15) is 13.2 Å². The Bertz CT molecular complexity index is 1240. The highest BCUT2D eigenvalue weighted by atomic mass is 32.2. The van der Waals surface area contributed by atoms with Crippen LogP contribution < -0.4 is 25.9 Å². The van der Waals surface area contributed by atoms with Crippen LogP contribution in [0.2, 0.25) is 0 Å². The molecule has 0 saturated heterocycles. The number of primary amides is 1. The monoisotopic (exact) mass is 488 g/mol. The number of anilines is 2. The summed E-state index contributed by atoms with van der Waals surface area (Å²) in [6.45, 7) is 0.154. The minimum atomic E-state index is -4.02. The number of aromatic nitrogens is 2. The van der Waals surface area contributed by atoms with Crippen molar-refractivity contribution in [3.63, 3.8) is 0 Å². The Balaban J connectivity index is 1.45. The summed E-state index contributed by atoms with van der Waals surface area (Å²) in [6, 6.07) is 11.0. The summed E-state index contributed by atoms with van der Waals surface area (Å²) in [6.07, 6.45) is 4.09. The average Bonchev–Trinajstić information content (AvgIpc) is 3.42. The number of H-pyrrole nitrogens is 1. The van der Waals surface area contributed by atoms with Gasteiger partial charge in [-0.15, -0.1) is 0 Å². The molecule has 2 aromatic carbocycles. The molecule has 34 heavy (non-hydrogen) atoms. The van der Waals surface area contributed by atoms with E-state index >= 15 is 0 Å². The van der Waals surface area contributed by atoms with Crippen LogP contribution in [-0.2, 0) is 14.9 Å². The van der Waals surface area contributed by atoms with Crippen molar-refractivity contribution in [1.29, 1.82) is 0 Å². The number of methoxy groups -OCH3 is 1. The fraction of sp³-hybridized carbons (Fsp3) is 0.364. The molecule has 2 amide bonds. The van der Waals surface area contributed by atoms with Crippen LogP contribution in [0.1, 0.15) is 25.7 Å². The summed E-state index contributed by atoms with van der Waals surface area (Å²) in [5.41, 5.74) is 7.18. The lowest BCUT2D eigenvalue weighted by atomic mass is 10.2. The summed E-state index contributed by atoms with van der Waals surface area (Å²) in [4.78, 5) is 18.6. The second-order valence-electron chi connectivity index (χ2n) is 8.11. The molecule has 1 unspecified atom stereocenters. The van der Waals surface area contributed by atoms with Gasteiger partial charge in [0.05, 0.1) is 17.6 Å². The van der Waals surface area contributed by atoms with Gasteiger partial charge in [-0.05, 0) is 49.2 Å². The van der Waals surface area contributed by atoms with Gasteiger partial charge in [0.1, 0.15) is 16.8 Å². The van der Waals surface area contributed by atoms with Crippen molar-refractivity contribution in [2.24, 2.45) is 5.73 Å². The standard InChI is InChI=1S/C22H28N6O5S/c1-32-13-20(27-21(23)29)28-22-25-18-11-8-16(12-19(18)26-22)33-34(30,31)17-9-6-15(7-10-17)24-14-4-2-3-5-14/h6-12,14,20,24H,2-5,13H2,1H3,(H3,23,27,29)(H2,25,26,28). The molecule has 0 radical (unpaired) electrons. The number of carbonyl (C=O) groups excluding carboxylic acids is 1. The van der Waals surface area contributed by atoms with E-state index in [2.05, 4.69) is 25.9 Å². The molecule has 1 atom stereocenters. The van der Waals surface area contributed by atoms with Crippen molar-refractivity contribution in [2.45, 2.75) is 42.8 Å². The lowest BCUT2D eigenvalue weighted by Gasteiger charge is -2.17. The highest BCUT2D eigenvalue weighted by Crippen LogP contribution is 2.26. The molecule has 0 aliphatic heterocycles. The third kappa shape index (κ3) is 5.88. The second kappa shape index (κ2) is 10.2. The number of imidazole rings is 1. The van der Waals surface area contributed by atoms with E-state index in [1.165, 1.54) is 44.2 Å². The molecule has 4 rings (SSSR count). The highest BCUT2D eigenvalue weighted by molar-refractivity contribution is 7.87. The first-order valence-electron chi connectivity index (χ1n) is 10.9. The van der Waals surface area contributed by atoms with Crippen LogP contribution in [0.25, 0.3) is 11.0 Å². The lowest BCUT2D eigenvalue weighted by Crippen LogP contribution is -2.46. The van der Waals surface area contributed by atoms with Crippen LogP contribution in [0, 0.1) is 0 Å². The molecular formula is C22H28N6O5S. The summed E-state index contributed by atoms with van der Waals surface area (Å²) in [5.74, 6) is 0.471. The number of rotatable bonds is 10. The number of hydrogen-bond donors (Lipinski definition) is 5. The molecule has 1 aliphatic carbocycles. The number of aromatic amines is 1. The van der Waals surface area contributed by atoms with Gasteiger partial charge >= 0.3 is 16.1 Å². The maximum atomic E-state index is 12.8. The molecule has 1 fully saturated rings. The van der Waals surface area contributed by atoms with E-state index in [0.29, 0.717) is 23.0 Å². The second-order valence-corrected chi connectivity index (χ2v) is 9.66. The largest absolute Gasteiger partial charge is 0.382 e. The number of nitrogens with one attached hydrogen (secondary N) is 4. The summed E-state index contributed by atoms with van der Waals surface area (Å²) in [5, 5.41) is 8.88. The Morgan fingerprint density at radius 3 is 2.62 bits per heavy atom. The SMILES string of the molecule is COCC(NC(N)=O)Nc1nc2cc(OS(=O)(=O)c3ccc(NC4CCCC4)cc3)ccc2[nH]1. The summed E-state index contributed by atoms with van der Waals surface area (Å²) >= 11 is 0. The smallest absolute Gasteiger partial charge is 0.339 e. The molecule has 12 heteroatoms. The van der Waals surface area contributed by atoms with Crippen LogP contribution in [0.15, 0.2) is 47.4 Å². The lowest BCUT2D eigenvalue weighted by molar-refractivity contribution is 0.174. The van der Waals surface area contributed by atoms with E-state index in [4.69, 9.17) is 14.7 Å². The third-order valence-electron chi connectivity index (χ3n) is 5.49. The minimum absolute atomic E-state index is 0.0638. The zero-order chi connectivity index (χ0) is 24.1. The molecular weight excluding hydrogens is 460 g/mol. The number of fused-ring (bicyclic) bond motifs is 1. The van der Waals surface area contributed by atoms with Crippen molar-refractivity contribution in [3.05, 3.63) is 42.5 Å². The number of hydrogen-bond acceptors (Lipinski definition) is 8. The first kappa shape index (κ1) is 23.6. The van der Waals surface area contributed by atoms with Crippen LogP contribution in [0.4, 0.5) is 16.4 Å². The Kier molecular flexibility index (Phi) is 7.08. The predicted molar refractivity (Wildman–Crippen MR) is 128 cm³/mol. The van der Waals surface area contributed by atoms with Crippen molar-refractivity contribution >= 4 is 38.8 Å². The third-order valence-corrected chi connectivity index (χ3v) is 6.75. The molecule has 0 bridgehead atoms. The van der Waals surface area contributed by atoms with Crippen molar-refractivity contribution < 1.29 is 22.1 Å². The number of amides is 2. The fourth-order valence-corrected chi connectivity index (χ4v) is 4.85. The first-order chi connectivity index (χ1) is 16.3. The van der Waals surface area contributed by atoms with Crippen LogP contribution in [-0.4, -0.2) is 50.3 Å². The number of nitrogens with zero attached hydrogens (tertiary/aromatic N) is 1. The maximum absolute atomic E-state index is 12.8. The number of benzene rings is 2. The zero-order valence-corrected chi connectivity index (χ0v) is 19.5. The molecule has 3 aromatic rings. The van der Waals surface area contributed by atoms with Gasteiger partial charge in [-0.25, -0.2) is 9.78 Å². The first-order valence-corrected chi connectivity index (χ1v) is 12.4. The van der Waals surface area contributed by atoms with E-state index in [1.54, 1.807) is 18.2 Å². The number of ether oxygens (including phenoxy) is 1. The van der Waals surface area contributed by atoms with Crippen LogP contribution in [0.3, 0.4) is 0 Å². The predicted octanol–water partition coefficient (Wildman–Crippen LogP) is 2.74. The number of carbonyl (C=O) groups is 1. The van der Waals surface area contributed by atoms with Crippen molar-refractivity contribution in [1.82, 2.24) is 15.3 Å². The molecule has 1 saturated carbocycles.